The second-order valence-corrected chi connectivity index (χ2v) is 3.85. The normalized spacial score (nSPS) is 15.1. The lowest BCUT2D eigenvalue weighted by Gasteiger charge is -2.08. The van der Waals surface area contributed by atoms with Crippen molar-refractivity contribution in [1.82, 2.24) is 0 Å². The van der Waals surface area contributed by atoms with Crippen LogP contribution in [0.4, 0.5) is 0 Å². The third-order valence-corrected chi connectivity index (χ3v) is 2.96. The largest absolute Gasteiger partial charge is 0.497 e. The molecular weight excluding hydrogens is 194 g/mol. The van der Waals surface area contributed by atoms with Crippen LogP contribution in [0.3, 0.4) is 0 Å². The van der Waals surface area contributed by atoms with Crippen LogP contribution < -0.4 is 4.74 Å². The molecule has 1 aliphatic rings. The third kappa shape index (κ3) is 1.99. The Balaban J connectivity index is 2.24. The summed E-state index contributed by atoms with van der Waals surface area (Å²) in [5.41, 5.74) is 1.22. The molecule has 0 atom stereocenters. The van der Waals surface area contributed by atoms with Crippen LogP contribution in [0.5, 0.6) is 5.75 Å². The predicted molar refractivity (Wildman–Crippen MR) is 61.9 cm³/mol. The molecule has 1 aromatic rings. The predicted octanol–water partition coefficient (Wildman–Crippen LogP) is 2.81. The van der Waals surface area contributed by atoms with Gasteiger partial charge in [-0.3, -0.25) is 4.99 Å². The minimum Gasteiger partial charge on any atom is -0.497 e. The number of aliphatic imine (C=N–C) groups is 1. The topological polar surface area (TPSA) is 21.6 Å². The molecule has 0 fully saturated rings. The number of hydrogen-bond acceptors (Lipinski definition) is 3. The van der Waals surface area contributed by atoms with E-state index in [9.17, 15) is 0 Å². The number of allylic oxidation sites excluding steroid dienone is 1. The van der Waals surface area contributed by atoms with Crippen molar-refractivity contribution in [3.05, 3.63) is 35.9 Å². The van der Waals surface area contributed by atoms with Crippen LogP contribution in [-0.2, 0) is 0 Å². The van der Waals surface area contributed by atoms with E-state index in [4.69, 9.17) is 4.74 Å². The van der Waals surface area contributed by atoms with Crippen molar-refractivity contribution >= 4 is 22.9 Å². The van der Waals surface area contributed by atoms with Crippen molar-refractivity contribution < 1.29 is 4.74 Å². The Morgan fingerprint density at radius 3 is 2.64 bits per heavy atom. The highest BCUT2D eigenvalue weighted by Crippen LogP contribution is 2.29. The molecule has 1 heterocycles. The zero-order chi connectivity index (χ0) is 9.80. The number of benzene rings is 1. The van der Waals surface area contributed by atoms with E-state index in [2.05, 4.69) is 17.1 Å². The Kier molecular flexibility index (Phi) is 2.89. The summed E-state index contributed by atoms with van der Waals surface area (Å²) in [6, 6.07) is 8.08. The lowest BCUT2D eigenvalue weighted by molar-refractivity contribution is 0.415. The molecule has 0 N–H and O–H groups in total. The fourth-order valence-corrected chi connectivity index (χ4v) is 2.01. The summed E-state index contributed by atoms with van der Waals surface area (Å²) in [6.07, 6.45) is 3.89. The summed E-state index contributed by atoms with van der Waals surface area (Å²) < 4.78 is 5.10. The van der Waals surface area contributed by atoms with Crippen LogP contribution >= 0.6 is 11.8 Å². The van der Waals surface area contributed by atoms with Crippen LogP contribution in [0.2, 0.25) is 0 Å². The van der Waals surface area contributed by atoms with Crippen LogP contribution in [0.1, 0.15) is 5.56 Å². The quantitative estimate of drug-likeness (QED) is 0.740. The molecule has 0 saturated heterocycles. The SMILES string of the molecule is COc1ccc(C2=CC=NCS2)cc1. The van der Waals surface area contributed by atoms with E-state index in [1.54, 1.807) is 18.9 Å². The fraction of sp³-hybridized carbons (Fsp3) is 0.182. The first-order valence-corrected chi connectivity index (χ1v) is 5.36. The summed E-state index contributed by atoms with van der Waals surface area (Å²) in [7, 11) is 1.68. The van der Waals surface area contributed by atoms with Crippen molar-refractivity contribution in [3.63, 3.8) is 0 Å². The van der Waals surface area contributed by atoms with E-state index < -0.39 is 0 Å². The molecule has 2 rings (SSSR count). The lowest BCUT2D eigenvalue weighted by Crippen LogP contribution is -1.88. The number of hydrogen-bond donors (Lipinski definition) is 0. The number of rotatable bonds is 2. The number of ether oxygens (including phenoxy) is 1. The summed E-state index contributed by atoms with van der Waals surface area (Å²) in [4.78, 5) is 5.39. The van der Waals surface area contributed by atoms with Gasteiger partial charge in [0.2, 0.25) is 0 Å². The van der Waals surface area contributed by atoms with Gasteiger partial charge in [0.15, 0.2) is 0 Å². The molecule has 0 saturated carbocycles. The second-order valence-electron chi connectivity index (χ2n) is 2.86. The van der Waals surface area contributed by atoms with Crippen molar-refractivity contribution in [1.29, 1.82) is 0 Å². The fourth-order valence-electron chi connectivity index (χ4n) is 1.25. The lowest BCUT2D eigenvalue weighted by atomic mass is 10.2. The molecule has 0 radical (unpaired) electrons. The molecule has 1 aliphatic heterocycles. The van der Waals surface area contributed by atoms with Gasteiger partial charge in [0, 0.05) is 11.1 Å². The number of nitrogens with zero attached hydrogens (tertiary/aromatic N) is 1. The molecule has 3 heteroatoms. The van der Waals surface area contributed by atoms with Gasteiger partial charge in [-0.1, -0.05) is 12.1 Å². The standard InChI is InChI=1S/C11H11NOS/c1-13-10-4-2-9(3-5-10)11-6-7-12-8-14-11/h2-7H,8H2,1H3. The Labute approximate surface area is 87.7 Å². The Morgan fingerprint density at radius 1 is 1.29 bits per heavy atom. The Morgan fingerprint density at radius 2 is 2.07 bits per heavy atom. The molecule has 0 amide bonds. The highest BCUT2D eigenvalue weighted by molar-refractivity contribution is 8.08. The van der Waals surface area contributed by atoms with Crippen LogP contribution in [0.25, 0.3) is 4.91 Å². The highest BCUT2D eigenvalue weighted by Gasteiger charge is 2.03. The Bertz CT molecular complexity index is 367. The van der Waals surface area contributed by atoms with Gasteiger partial charge >= 0.3 is 0 Å². The summed E-state index contributed by atoms with van der Waals surface area (Å²) in [5, 5.41) is 0. The summed E-state index contributed by atoms with van der Waals surface area (Å²) in [6.45, 7) is 0. The molecule has 0 aromatic heterocycles. The summed E-state index contributed by atoms with van der Waals surface area (Å²) >= 11 is 1.75. The molecule has 0 spiro atoms. The van der Waals surface area contributed by atoms with Gasteiger partial charge in [-0.05, 0) is 23.8 Å². The molecule has 0 bridgehead atoms. The zero-order valence-electron chi connectivity index (χ0n) is 7.93. The minimum atomic E-state index is 0.817. The minimum absolute atomic E-state index is 0.817. The van der Waals surface area contributed by atoms with Gasteiger partial charge in [-0.15, -0.1) is 11.8 Å². The van der Waals surface area contributed by atoms with Crippen LogP contribution in [0.15, 0.2) is 35.3 Å². The van der Waals surface area contributed by atoms with Crippen molar-refractivity contribution in [2.75, 3.05) is 13.0 Å². The monoisotopic (exact) mass is 205 g/mol. The molecule has 72 valence electrons. The van der Waals surface area contributed by atoms with E-state index in [-0.39, 0.29) is 0 Å². The molecule has 2 nitrogen and oxygen atoms in total. The van der Waals surface area contributed by atoms with Crippen LogP contribution in [0, 0.1) is 0 Å². The van der Waals surface area contributed by atoms with Gasteiger partial charge in [0.25, 0.3) is 0 Å². The summed E-state index contributed by atoms with van der Waals surface area (Å²) in [5.74, 6) is 1.71. The first-order chi connectivity index (χ1) is 6.90. The van der Waals surface area contributed by atoms with Crippen molar-refractivity contribution in [2.24, 2.45) is 4.99 Å². The first kappa shape index (κ1) is 9.34. The molecule has 0 unspecified atom stereocenters. The van der Waals surface area contributed by atoms with E-state index in [1.807, 2.05) is 24.4 Å². The second kappa shape index (κ2) is 4.33. The molecule has 1 aromatic carbocycles. The van der Waals surface area contributed by atoms with Gasteiger partial charge in [-0.2, -0.15) is 0 Å². The zero-order valence-corrected chi connectivity index (χ0v) is 8.75. The van der Waals surface area contributed by atoms with Crippen molar-refractivity contribution in [2.45, 2.75) is 0 Å². The maximum Gasteiger partial charge on any atom is 0.118 e. The van der Waals surface area contributed by atoms with Gasteiger partial charge in [-0.25, -0.2) is 0 Å². The molecule has 14 heavy (non-hydrogen) atoms. The van der Waals surface area contributed by atoms with E-state index in [0.717, 1.165) is 11.6 Å². The maximum absolute atomic E-state index is 5.10. The average molecular weight is 205 g/mol. The Hall–Kier alpha value is -1.22. The van der Waals surface area contributed by atoms with Gasteiger partial charge < -0.3 is 4.74 Å². The van der Waals surface area contributed by atoms with E-state index in [1.165, 1.54) is 10.5 Å². The number of methoxy groups -OCH3 is 1. The maximum atomic E-state index is 5.10. The highest BCUT2D eigenvalue weighted by atomic mass is 32.2. The van der Waals surface area contributed by atoms with Crippen LogP contribution in [-0.4, -0.2) is 19.2 Å². The average Bonchev–Trinajstić information content (AvgIpc) is 2.30. The van der Waals surface area contributed by atoms with Gasteiger partial charge in [0.1, 0.15) is 5.75 Å². The van der Waals surface area contributed by atoms with E-state index >= 15 is 0 Å². The first-order valence-electron chi connectivity index (χ1n) is 4.37. The van der Waals surface area contributed by atoms with E-state index in [0.29, 0.717) is 0 Å². The number of thioether (sulfide) groups is 1. The third-order valence-electron chi connectivity index (χ3n) is 2.00. The molecular formula is C11H11NOS. The molecule has 0 aliphatic carbocycles. The smallest absolute Gasteiger partial charge is 0.118 e. The van der Waals surface area contributed by atoms with Gasteiger partial charge in [0.05, 0.1) is 13.0 Å². The van der Waals surface area contributed by atoms with Crippen molar-refractivity contribution in [3.8, 4) is 5.75 Å².